The summed E-state index contributed by atoms with van der Waals surface area (Å²) in [5, 5.41) is 5.57. The number of pyridine rings is 3. The molecular weight excluding hydrogens is 337 g/mol. The number of carbonyl (C=O) groups excluding carboxylic acids is 1. The summed E-state index contributed by atoms with van der Waals surface area (Å²) in [6.45, 7) is 3.71. The molecular formula is C18H16FN5O2. The third-order valence-electron chi connectivity index (χ3n) is 3.45. The van der Waals surface area contributed by atoms with Crippen LogP contribution in [0.4, 0.5) is 26.4 Å². The smallest absolute Gasteiger partial charge is 0.389 e. The molecule has 0 saturated heterocycles. The van der Waals surface area contributed by atoms with Gasteiger partial charge in [-0.3, -0.25) is 10.3 Å². The van der Waals surface area contributed by atoms with Crippen molar-refractivity contribution in [2.45, 2.75) is 13.8 Å². The molecule has 2 N–H and O–H groups in total. The van der Waals surface area contributed by atoms with E-state index in [0.717, 1.165) is 17.4 Å². The van der Waals surface area contributed by atoms with Crippen LogP contribution in [0, 0.1) is 19.7 Å². The maximum absolute atomic E-state index is 12.9. The van der Waals surface area contributed by atoms with Crippen LogP contribution in [0.25, 0.3) is 0 Å². The van der Waals surface area contributed by atoms with Crippen LogP contribution in [0.3, 0.4) is 0 Å². The Balaban J connectivity index is 1.78. The lowest BCUT2D eigenvalue weighted by Crippen LogP contribution is -2.19. The number of hydrogen-bond donors (Lipinski definition) is 2. The molecule has 7 nitrogen and oxygen atoms in total. The van der Waals surface area contributed by atoms with Gasteiger partial charge in [-0.05, 0) is 49.7 Å². The van der Waals surface area contributed by atoms with Gasteiger partial charge in [-0.2, -0.15) is 0 Å². The van der Waals surface area contributed by atoms with Crippen LogP contribution in [-0.2, 0) is 0 Å². The number of ether oxygens (including phenoxy) is 1. The molecule has 3 rings (SSSR count). The molecule has 0 bridgehead atoms. The van der Waals surface area contributed by atoms with Gasteiger partial charge in [-0.25, -0.2) is 19.2 Å². The second-order valence-electron chi connectivity index (χ2n) is 5.50. The lowest BCUT2D eigenvalue weighted by molar-refractivity contribution is 0.213. The standard InChI is InChI=1S/C18H16FN5O2/c1-11-7-8-20-10-15(11)23-14-5-3-12(2)22-17(14)26-18(25)24-16-6-4-13(19)9-21-16/h3-10,23H,1-2H3,(H,21,24,25). The molecule has 0 aliphatic rings. The van der Waals surface area contributed by atoms with Crippen LogP contribution in [0.1, 0.15) is 11.3 Å². The highest BCUT2D eigenvalue weighted by atomic mass is 19.1. The zero-order chi connectivity index (χ0) is 18.5. The molecule has 8 heteroatoms. The minimum absolute atomic E-state index is 0.105. The first-order valence-electron chi connectivity index (χ1n) is 7.77. The maximum atomic E-state index is 12.9. The van der Waals surface area contributed by atoms with Gasteiger partial charge in [0.25, 0.3) is 0 Å². The van der Waals surface area contributed by atoms with E-state index in [1.165, 1.54) is 12.1 Å². The molecule has 0 atom stereocenters. The summed E-state index contributed by atoms with van der Waals surface area (Å²) >= 11 is 0. The molecule has 132 valence electrons. The van der Waals surface area contributed by atoms with E-state index in [-0.39, 0.29) is 11.7 Å². The minimum Gasteiger partial charge on any atom is -0.389 e. The summed E-state index contributed by atoms with van der Waals surface area (Å²) in [7, 11) is 0. The number of nitrogens with zero attached hydrogens (tertiary/aromatic N) is 3. The fraction of sp³-hybridized carbons (Fsp3) is 0.111. The van der Waals surface area contributed by atoms with Crippen LogP contribution in [0.15, 0.2) is 48.9 Å². The van der Waals surface area contributed by atoms with Crippen molar-refractivity contribution in [2.24, 2.45) is 0 Å². The SMILES string of the molecule is Cc1ccc(Nc2cnccc2C)c(OC(=O)Nc2ccc(F)cn2)n1. The molecule has 26 heavy (non-hydrogen) atoms. The normalized spacial score (nSPS) is 10.3. The summed E-state index contributed by atoms with van der Waals surface area (Å²) in [5.41, 5.74) is 2.94. The maximum Gasteiger partial charge on any atom is 0.419 e. The van der Waals surface area contributed by atoms with E-state index in [1.54, 1.807) is 31.5 Å². The minimum atomic E-state index is -0.784. The van der Waals surface area contributed by atoms with Crippen LogP contribution in [0.5, 0.6) is 5.88 Å². The molecule has 0 aliphatic carbocycles. The third-order valence-corrected chi connectivity index (χ3v) is 3.45. The van der Waals surface area contributed by atoms with Gasteiger partial charge < -0.3 is 10.1 Å². The van der Waals surface area contributed by atoms with E-state index in [0.29, 0.717) is 11.4 Å². The highest BCUT2D eigenvalue weighted by Crippen LogP contribution is 2.27. The van der Waals surface area contributed by atoms with Crippen LogP contribution in [0.2, 0.25) is 0 Å². The summed E-state index contributed by atoms with van der Waals surface area (Å²) in [6, 6.07) is 7.93. The second-order valence-corrected chi connectivity index (χ2v) is 5.50. The second kappa shape index (κ2) is 7.56. The molecule has 0 fully saturated rings. The lowest BCUT2D eigenvalue weighted by Gasteiger charge is -2.13. The van der Waals surface area contributed by atoms with E-state index in [4.69, 9.17) is 4.74 Å². The van der Waals surface area contributed by atoms with Gasteiger partial charge in [0.15, 0.2) is 0 Å². The third kappa shape index (κ3) is 4.29. The molecule has 3 heterocycles. The fourth-order valence-corrected chi connectivity index (χ4v) is 2.11. The van der Waals surface area contributed by atoms with Gasteiger partial charge in [0.1, 0.15) is 17.3 Å². The summed E-state index contributed by atoms with van der Waals surface area (Å²) in [6.07, 6.45) is 3.57. The monoisotopic (exact) mass is 353 g/mol. The van der Waals surface area contributed by atoms with Gasteiger partial charge in [0.2, 0.25) is 5.88 Å². The van der Waals surface area contributed by atoms with Gasteiger partial charge in [0, 0.05) is 11.9 Å². The highest BCUT2D eigenvalue weighted by Gasteiger charge is 2.13. The van der Waals surface area contributed by atoms with E-state index in [2.05, 4.69) is 25.6 Å². The molecule has 0 unspecified atom stereocenters. The summed E-state index contributed by atoms with van der Waals surface area (Å²) in [5.74, 6) is -0.225. The number of rotatable bonds is 4. The molecule has 0 aliphatic heterocycles. The number of carbonyl (C=O) groups is 1. The van der Waals surface area contributed by atoms with Crippen molar-refractivity contribution in [3.8, 4) is 5.88 Å². The molecule has 1 amide bonds. The first-order valence-corrected chi connectivity index (χ1v) is 7.77. The van der Waals surface area contributed by atoms with E-state index in [9.17, 15) is 9.18 Å². The Morgan fingerprint density at radius 1 is 1.08 bits per heavy atom. The van der Waals surface area contributed by atoms with Gasteiger partial charge in [0.05, 0.1) is 18.1 Å². The molecule has 3 aromatic heterocycles. The highest BCUT2D eigenvalue weighted by molar-refractivity contribution is 5.86. The van der Waals surface area contributed by atoms with Gasteiger partial charge >= 0.3 is 6.09 Å². The Hall–Kier alpha value is -3.55. The summed E-state index contributed by atoms with van der Waals surface area (Å²) in [4.78, 5) is 24.2. The van der Waals surface area contributed by atoms with Crippen molar-refractivity contribution < 1.29 is 13.9 Å². The number of hydrogen-bond acceptors (Lipinski definition) is 6. The van der Waals surface area contributed by atoms with Crippen LogP contribution < -0.4 is 15.4 Å². The zero-order valence-electron chi connectivity index (χ0n) is 14.2. The molecule has 0 aromatic carbocycles. The largest absolute Gasteiger partial charge is 0.419 e. The van der Waals surface area contributed by atoms with Crippen LogP contribution >= 0.6 is 0 Å². The first-order chi connectivity index (χ1) is 12.5. The van der Waals surface area contributed by atoms with Crippen molar-refractivity contribution >= 4 is 23.3 Å². The number of halogens is 1. The number of aryl methyl sites for hydroxylation is 2. The number of amides is 1. The molecule has 0 saturated carbocycles. The molecule has 0 spiro atoms. The Morgan fingerprint density at radius 2 is 1.92 bits per heavy atom. The summed E-state index contributed by atoms with van der Waals surface area (Å²) < 4.78 is 18.2. The topological polar surface area (TPSA) is 89.0 Å². The van der Waals surface area contributed by atoms with Crippen molar-refractivity contribution in [1.29, 1.82) is 0 Å². The van der Waals surface area contributed by atoms with Crippen LogP contribution in [-0.4, -0.2) is 21.0 Å². The Morgan fingerprint density at radius 3 is 2.65 bits per heavy atom. The average molecular weight is 353 g/mol. The predicted octanol–water partition coefficient (Wildman–Crippen LogP) is 3.98. The Kier molecular flexibility index (Phi) is 5.02. The van der Waals surface area contributed by atoms with Crippen molar-refractivity contribution in [1.82, 2.24) is 15.0 Å². The Labute approximate surface area is 149 Å². The number of nitrogens with one attached hydrogen (secondary N) is 2. The number of anilines is 3. The predicted molar refractivity (Wildman–Crippen MR) is 95.1 cm³/mol. The van der Waals surface area contributed by atoms with Crippen molar-refractivity contribution in [3.63, 3.8) is 0 Å². The fourth-order valence-electron chi connectivity index (χ4n) is 2.11. The average Bonchev–Trinajstić information content (AvgIpc) is 2.61. The van der Waals surface area contributed by atoms with E-state index >= 15 is 0 Å². The molecule has 0 radical (unpaired) electrons. The molecule has 3 aromatic rings. The zero-order valence-corrected chi connectivity index (χ0v) is 14.2. The Bertz CT molecular complexity index is 931. The van der Waals surface area contributed by atoms with Crippen molar-refractivity contribution in [3.05, 3.63) is 66.0 Å². The lowest BCUT2D eigenvalue weighted by atomic mass is 10.2. The number of aromatic nitrogens is 3. The van der Waals surface area contributed by atoms with E-state index in [1.807, 2.05) is 13.0 Å². The van der Waals surface area contributed by atoms with Gasteiger partial charge in [-0.15, -0.1) is 0 Å². The quantitative estimate of drug-likeness (QED) is 0.737. The van der Waals surface area contributed by atoms with Crippen molar-refractivity contribution in [2.75, 3.05) is 10.6 Å². The van der Waals surface area contributed by atoms with Gasteiger partial charge in [-0.1, -0.05) is 0 Å². The first kappa shape index (κ1) is 17.3. The van der Waals surface area contributed by atoms with E-state index < -0.39 is 11.9 Å².